The summed E-state index contributed by atoms with van der Waals surface area (Å²) in [6.07, 6.45) is -3.03. The average molecular weight is 1130 g/mol. The van der Waals surface area contributed by atoms with E-state index in [1.54, 1.807) is 49.4 Å². The highest BCUT2D eigenvalue weighted by Crippen LogP contribution is 2.69. The first-order valence-corrected chi connectivity index (χ1v) is 29.1. The molecular formula is C58H94O21. The van der Waals surface area contributed by atoms with Gasteiger partial charge in [-0.15, -0.1) is 0 Å². The van der Waals surface area contributed by atoms with Crippen LogP contribution < -0.4 is 0 Å². The van der Waals surface area contributed by atoms with Gasteiger partial charge in [0.15, 0.2) is 37.2 Å². The van der Waals surface area contributed by atoms with E-state index in [9.17, 15) is 24.9 Å². The summed E-state index contributed by atoms with van der Waals surface area (Å²) >= 11 is 0. The Kier molecular flexibility index (Phi) is 19.2. The third-order valence-electron chi connectivity index (χ3n) is 20.6. The Labute approximate surface area is 466 Å². The first-order valence-electron chi connectivity index (χ1n) is 29.1. The van der Waals surface area contributed by atoms with E-state index < -0.39 is 145 Å². The summed E-state index contributed by atoms with van der Waals surface area (Å²) < 4.78 is 101. The highest BCUT2D eigenvalue weighted by atomic mass is 16.8. The van der Waals surface area contributed by atoms with Crippen molar-refractivity contribution in [1.29, 1.82) is 0 Å². The zero-order valence-corrected chi connectivity index (χ0v) is 49.1. The minimum atomic E-state index is -1.81. The van der Waals surface area contributed by atoms with E-state index in [1.807, 2.05) is 27.7 Å². The van der Waals surface area contributed by atoms with Crippen molar-refractivity contribution in [2.24, 2.45) is 22.7 Å². The number of hydrogen-bond acceptors (Lipinski definition) is 21. The van der Waals surface area contributed by atoms with Crippen LogP contribution in [-0.2, 0) is 85.4 Å². The number of aliphatic hydroxyl groups is 3. The largest absolute Gasteiger partial charge is 0.462 e. The van der Waals surface area contributed by atoms with E-state index in [-0.39, 0.29) is 48.4 Å². The monoisotopic (exact) mass is 1130 g/mol. The Bertz CT molecular complexity index is 2120. The lowest BCUT2D eigenvalue weighted by molar-refractivity contribution is -0.352. The number of rotatable bonds is 17. The van der Waals surface area contributed by atoms with Gasteiger partial charge in [0, 0.05) is 74.6 Å². The summed E-state index contributed by atoms with van der Waals surface area (Å²) in [4.78, 5) is 25.6. The SMILES string of the molecule is CO[C@H]1C[C@H](O[C@H]2CC[C@@]3(C)C(=CC[C@@H]4[C@@H]3C[C@@H](OC(C)=O)[C@]3(C)[C@](O)(C(C)=O)CC[C@]43O)C2)O[C@H](C)[C@H]1O[C@H]1C[C@H](OC)[C@H](O[C@@H]2C[C@@H](OC)[C@@H](O[C@H]3C[C@H](OC)[C@H](O[C@@H]4C[C@@H](OC)[C@@H](O)[C@H](C)O4)[C@@H](C)O3)[C@H](C)O2)[C@@H](C)O1. The van der Waals surface area contributed by atoms with Gasteiger partial charge in [0.05, 0.1) is 78.2 Å². The number of carbonyl (C=O) groups is 2. The average Bonchev–Trinajstić information content (AvgIpc) is 2.62. The molecule has 21 nitrogen and oxygen atoms in total. The van der Waals surface area contributed by atoms with Gasteiger partial charge in [0.1, 0.15) is 42.2 Å². The molecule has 0 aromatic carbocycles. The summed E-state index contributed by atoms with van der Waals surface area (Å²) in [5.41, 5.74) is -3.63. The molecule has 5 saturated heterocycles. The lowest BCUT2D eigenvalue weighted by Crippen LogP contribution is -2.71. The summed E-state index contributed by atoms with van der Waals surface area (Å²) in [6, 6.07) is 0. The molecule has 3 N–H and O–H groups in total. The molecule has 0 aromatic heterocycles. The van der Waals surface area contributed by atoms with E-state index in [0.717, 1.165) is 12.8 Å². The van der Waals surface area contributed by atoms with Gasteiger partial charge in [-0.3, -0.25) is 9.59 Å². The first-order chi connectivity index (χ1) is 37.4. The topological polar surface area (TPSA) is 243 Å². The standard InChI is InChI=1S/C58H94O21/c1-28-50(61)39(64-10)23-46(69-28)76-52-30(3)71-48(25-41(52)66-12)78-54-32(5)73-49(27-43(54)68-14)79-53-31(4)72-47(26-42(53)67-13)77-51-29(2)70-45(24-40(51)65-11)75-36-17-18-55(8)35(21-36)15-16-37-38(55)22-44(74-34(7)60)56(9)57(62,33(6)59)19-20-58(37,56)63/h15,28-32,36-54,61-63H,16-27H2,1-14H3/t28-,29+,30+,31+,32-,36-,37+,38-,39+,40-,41-,42-,43+,44+,45-,46+,47-,48-,49+,50-,51+,52+,53+,54-,55-,56+,57+,58-/m0/s1. The minimum Gasteiger partial charge on any atom is -0.462 e. The fourth-order valence-corrected chi connectivity index (χ4v) is 15.9. The molecule has 0 aromatic rings. The van der Waals surface area contributed by atoms with Crippen LogP contribution in [0.1, 0.15) is 139 Å². The van der Waals surface area contributed by atoms with Gasteiger partial charge in [0.25, 0.3) is 0 Å². The molecule has 0 bridgehead atoms. The van der Waals surface area contributed by atoms with Crippen LogP contribution in [-0.4, -0.2) is 209 Å². The van der Waals surface area contributed by atoms with Gasteiger partial charge in [-0.2, -0.15) is 0 Å². The van der Waals surface area contributed by atoms with Crippen molar-refractivity contribution in [3.63, 3.8) is 0 Å². The molecule has 0 radical (unpaired) electrons. The molecule has 9 rings (SSSR count). The van der Waals surface area contributed by atoms with Crippen LogP contribution in [0.15, 0.2) is 11.6 Å². The lowest BCUT2D eigenvalue weighted by atomic mass is 9.44. The second-order valence-corrected chi connectivity index (χ2v) is 24.8. The fourth-order valence-electron chi connectivity index (χ4n) is 15.9. The molecule has 0 spiro atoms. The van der Waals surface area contributed by atoms with Crippen LogP contribution >= 0.6 is 0 Å². The van der Waals surface area contributed by atoms with Crippen molar-refractivity contribution < 1.29 is 101 Å². The van der Waals surface area contributed by atoms with Crippen molar-refractivity contribution in [1.82, 2.24) is 0 Å². The molecule has 3 saturated carbocycles. The van der Waals surface area contributed by atoms with Crippen LogP contribution in [0, 0.1) is 22.7 Å². The number of carbonyl (C=O) groups excluding carboxylic acids is 2. The number of aliphatic hydroxyl groups excluding tert-OH is 1. The Morgan fingerprint density at radius 3 is 1.35 bits per heavy atom. The van der Waals surface area contributed by atoms with E-state index >= 15 is 0 Å². The van der Waals surface area contributed by atoms with Crippen LogP contribution in [0.2, 0.25) is 0 Å². The number of fused-ring (bicyclic) bond motifs is 5. The number of hydrogen-bond donors (Lipinski definition) is 3. The van der Waals surface area contributed by atoms with Crippen molar-refractivity contribution in [3.8, 4) is 0 Å². The molecule has 28 atom stereocenters. The number of methoxy groups -OCH3 is 5. The summed E-state index contributed by atoms with van der Waals surface area (Å²) in [7, 11) is 8.18. The van der Waals surface area contributed by atoms with E-state index in [0.29, 0.717) is 51.4 Å². The second kappa shape index (κ2) is 24.6. The molecular weight excluding hydrogens is 1030 g/mol. The lowest BCUT2D eigenvalue weighted by Gasteiger charge is -2.63. The maximum absolute atomic E-state index is 13.1. The number of Topliss-reactive ketones (excluding diaryl/α,β-unsaturated/α-hetero) is 1. The van der Waals surface area contributed by atoms with E-state index in [4.69, 9.17) is 75.8 Å². The molecule has 21 heteroatoms. The van der Waals surface area contributed by atoms with Crippen molar-refractivity contribution in [3.05, 3.63) is 11.6 Å². The van der Waals surface area contributed by atoms with Gasteiger partial charge in [-0.25, -0.2) is 0 Å². The highest BCUT2D eigenvalue weighted by Gasteiger charge is 2.77. The number of ether oxygens (including phenoxy) is 16. The molecule has 0 unspecified atom stereocenters. The van der Waals surface area contributed by atoms with Crippen molar-refractivity contribution in [2.45, 2.75) is 286 Å². The highest BCUT2D eigenvalue weighted by molar-refractivity contribution is 5.87. The van der Waals surface area contributed by atoms with E-state index in [1.165, 1.54) is 19.4 Å². The number of allylic oxidation sites excluding steroid dienone is 1. The summed E-state index contributed by atoms with van der Waals surface area (Å²) in [6.45, 7) is 16.2. The molecule has 0 amide bonds. The normalized spacial score (nSPS) is 51.1. The van der Waals surface area contributed by atoms with Gasteiger partial charge in [0.2, 0.25) is 0 Å². The zero-order chi connectivity index (χ0) is 57.1. The third-order valence-corrected chi connectivity index (χ3v) is 20.6. The Morgan fingerprint density at radius 2 is 0.949 bits per heavy atom. The van der Waals surface area contributed by atoms with Crippen molar-refractivity contribution in [2.75, 3.05) is 35.5 Å². The van der Waals surface area contributed by atoms with Gasteiger partial charge in [-0.05, 0) is 104 Å². The molecule has 452 valence electrons. The number of ketones is 1. The van der Waals surface area contributed by atoms with Crippen LogP contribution in [0.4, 0.5) is 0 Å². The Balaban J connectivity index is 0.760. The summed E-state index contributed by atoms with van der Waals surface area (Å²) in [5.74, 6) is -1.18. The molecule has 79 heavy (non-hydrogen) atoms. The molecule has 5 heterocycles. The summed E-state index contributed by atoms with van der Waals surface area (Å²) in [5, 5.41) is 35.1. The Hall–Kier alpha value is -1.84. The smallest absolute Gasteiger partial charge is 0.302 e. The van der Waals surface area contributed by atoms with Gasteiger partial charge >= 0.3 is 5.97 Å². The van der Waals surface area contributed by atoms with Crippen LogP contribution in [0.3, 0.4) is 0 Å². The fraction of sp³-hybridized carbons (Fsp3) is 0.931. The van der Waals surface area contributed by atoms with E-state index in [2.05, 4.69) is 13.0 Å². The third kappa shape index (κ3) is 11.6. The van der Waals surface area contributed by atoms with Gasteiger partial charge < -0.3 is 91.1 Å². The predicted octanol–water partition coefficient (Wildman–Crippen LogP) is 4.96. The second-order valence-electron chi connectivity index (χ2n) is 24.8. The predicted molar refractivity (Wildman–Crippen MR) is 279 cm³/mol. The van der Waals surface area contributed by atoms with Crippen LogP contribution in [0.5, 0.6) is 0 Å². The molecule has 8 fully saturated rings. The molecule has 5 aliphatic heterocycles. The first kappa shape index (κ1) is 61.7. The molecule has 9 aliphatic rings. The van der Waals surface area contributed by atoms with Crippen LogP contribution in [0.25, 0.3) is 0 Å². The Morgan fingerprint density at radius 1 is 0.544 bits per heavy atom. The molecule has 4 aliphatic carbocycles. The zero-order valence-electron chi connectivity index (χ0n) is 49.1. The van der Waals surface area contributed by atoms with Crippen molar-refractivity contribution >= 4 is 11.8 Å². The minimum absolute atomic E-state index is 0.0400. The maximum atomic E-state index is 13.1. The van der Waals surface area contributed by atoms with Gasteiger partial charge in [-0.1, -0.05) is 25.5 Å². The maximum Gasteiger partial charge on any atom is 0.302 e. The number of esters is 1. The quantitative estimate of drug-likeness (QED) is 0.129.